The normalized spacial score (nSPS) is 10.9. The minimum absolute atomic E-state index is 0.120. The molecule has 1 heterocycles. The van der Waals surface area contributed by atoms with Crippen LogP contribution in [0, 0.1) is 0 Å². The van der Waals surface area contributed by atoms with Gasteiger partial charge in [-0.05, 0) is 38.2 Å². The molecule has 0 bridgehead atoms. The van der Waals surface area contributed by atoms with Crippen LogP contribution in [0.1, 0.15) is 16.1 Å². The number of methoxy groups -OCH3 is 1. The van der Waals surface area contributed by atoms with Crippen LogP contribution in [-0.4, -0.2) is 48.9 Å². The Morgan fingerprint density at radius 3 is 2.71 bits per heavy atom. The van der Waals surface area contributed by atoms with Crippen molar-refractivity contribution < 1.29 is 19.2 Å². The van der Waals surface area contributed by atoms with E-state index in [9.17, 15) is 4.79 Å². The van der Waals surface area contributed by atoms with E-state index in [4.69, 9.17) is 14.4 Å². The molecule has 0 aliphatic rings. The maximum absolute atomic E-state index is 10.9. The Morgan fingerprint density at radius 1 is 1.38 bits per heavy atom. The molecule has 0 saturated carbocycles. The van der Waals surface area contributed by atoms with Crippen molar-refractivity contribution in [2.45, 2.75) is 6.42 Å². The third kappa shape index (κ3) is 3.61. The second-order valence-corrected chi connectivity index (χ2v) is 4.97. The van der Waals surface area contributed by atoms with E-state index in [1.54, 1.807) is 7.11 Å². The fraction of sp³-hybridized carbons (Fsp3) is 0.333. The predicted octanol–water partition coefficient (Wildman–Crippen LogP) is 2.15. The number of carboxylic acids is 1. The maximum Gasteiger partial charge on any atom is 0.358 e. The highest BCUT2D eigenvalue weighted by molar-refractivity contribution is 5.86. The smallest absolute Gasteiger partial charge is 0.358 e. The predicted molar refractivity (Wildman–Crippen MR) is 77.7 cm³/mol. The molecule has 0 spiro atoms. The highest BCUT2D eigenvalue weighted by Gasteiger charge is 2.16. The standard InChI is InChI=1S/C15H18N2O4/c1-17(2)7-6-10-4-5-13(20-3)11(8-10)14-9-12(15(18)19)16-21-14/h4-5,8-9H,6-7H2,1-3H3,(H,18,19). The quantitative estimate of drug-likeness (QED) is 0.878. The number of nitrogens with zero attached hydrogens (tertiary/aromatic N) is 2. The van der Waals surface area contributed by atoms with Crippen molar-refractivity contribution in [1.82, 2.24) is 10.1 Å². The second kappa shape index (κ2) is 6.41. The van der Waals surface area contributed by atoms with Gasteiger partial charge in [0.25, 0.3) is 0 Å². The molecule has 0 fully saturated rings. The summed E-state index contributed by atoms with van der Waals surface area (Å²) >= 11 is 0. The lowest BCUT2D eigenvalue weighted by Crippen LogP contribution is -2.15. The van der Waals surface area contributed by atoms with Crippen LogP contribution in [0.15, 0.2) is 28.8 Å². The number of benzene rings is 1. The van der Waals surface area contributed by atoms with E-state index < -0.39 is 5.97 Å². The summed E-state index contributed by atoms with van der Waals surface area (Å²) in [6, 6.07) is 7.17. The number of aromatic nitrogens is 1. The molecule has 6 heteroatoms. The van der Waals surface area contributed by atoms with Crippen molar-refractivity contribution in [2.24, 2.45) is 0 Å². The number of aromatic carboxylic acids is 1. The number of hydrogen-bond acceptors (Lipinski definition) is 5. The van der Waals surface area contributed by atoms with Crippen LogP contribution < -0.4 is 4.74 Å². The molecule has 0 radical (unpaired) electrons. The second-order valence-electron chi connectivity index (χ2n) is 4.97. The minimum atomic E-state index is -1.12. The fourth-order valence-corrected chi connectivity index (χ4v) is 1.96. The van der Waals surface area contributed by atoms with E-state index in [1.165, 1.54) is 6.07 Å². The Balaban J connectivity index is 2.34. The number of hydrogen-bond donors (Lipinski definition) is 1. The maximum atomic E-state index is 10.9. The van der Waals surface area contributed by atoms with Crippen molar-refractivity contribution in [3.05, 3.63) is 35.5 Å². The fourth-order valence-electron chi connectivity index (χ4n) is 1.96. The number of carbonyl (C=O) groups is 1. The van der Waals surface area contributed by atoms with Gasteiger partial charge in [0, 0.05) is 12.6 Å². The molecule has 2 aromatic rings. The summed E-state index contributed by atoms with van der Waals surface area (Å²) < 4.78 is 10.4. The lowest BCUT2D eigenvalue weighted by Gasteiger charge is -2.11. The SMILES string of the molecule is COc1ccc(CCN(C)C)cc1-c1cc(C(=O)O)no1. The van der Waals surface area contributed by atoms with Crippen LogP contribution in [0.4, 0.5) is 0 Å². The van der Waals surface area contributed by atoms with Crippen LogP contribution >= 0.6 is 0 Å². The summed E-state index contributed by atoms with van der Waals surface area (Å²) in [5.74, 6) is -0.111. The highest BCUT2D eigenvalue weighted by Crippen LogP contribution is 2.31. The molecule has 6 nitrogen and oxygen atoms in total. The van der Waals surface area contributed by atoms with Crippen molar-refractivity contribution in [1.29, 1.82) is 0 Å². The van der Waals surface area contributed by atoms with Crippen LogP contribution in [-0.2, 0) is 6.42 Å². The summed E-state index contributed by atoms with van der Waals surface area (Å²) in [6.07, 6.45) is 0.879. The van der Waals surface area contributed by atoms with Gasteiger partial charge in [0.05, 0.1) is 12.7 Å². The third-order valence-corrected chi connectivity index (χ3v) is 3.11. The first-order chi connectivity index (χ1) is 10.0. The number of carboxylic acid groups (broad SMARTS) is 1. The van der Waals surface area contributed by atoms with Gasteiger partial charge in [-0.25, -0.2) is 4.79 Å². The van der Waals surface area contributed by atoms with Gasteiger partial charge in [0.2, 0.25) is 0 Å². The Labute approximate surface area is 122 Å². The van der Waals surface area contributed by atoms with E-state index in [0.29, 0.717) is 17.1 Å². The topological polar surface area (TPSA) is 75.8 Å². The molecule has 0 atom stereocenters. The molecule has 1 aromatic carbocycles. The van der Waals surface area contributed by atoms with Gasteiger partial charge in [-0.15, -0.1) is 0 Å². The molecule has 0 unspecified atom stereocenters. The van der Waals surface area contributed by atoms with Gasteiger partial charge in [-0.2, -0.15) is 0 Å². The van der Waals surface area contributed by atoms with Crippen LogP contribution in [0.3, 0.4) is 0 Å². The van der Waals surface area contributed by atoms with Gasteiger partial charge >= 0.3 is 5.97 Å². The van der Waals surface area contributed by atoms with Crippen LogP contribution in [0.25, 0.3) is 11.3 Å². The average molecular weight is 290 g/mol. The molecule has 21 heavy (non-hydrogen) atoms. The summed E-state index contributed by atoms with van der Waals surface area (Å²) in [5, 5.41) is 12.4. The Hall–Kier alpha value is -2.34. The van der Waals surface area contributed by atoms with Gasteiger partial charge in [0.1, 0.15) is 5.75 Å². The largest absolute Gasteiger partial charge is 0.496 e. The lowest BCUT2D eigenvalue weighted by atomic mass is 10.0. The molecule has 0 amide bonds. The van der Waals surface area contributed by atoms with E-state index >= 15 is 0 Å². The molecule has 2 rings (SSSR count). The van der Waals surface area contributed by atoms with E-state index in [0.717, 1.165) is 18.5 Å². The van der Waals surface area contributed by atoms with E-state index in [-0.39, 0.29) is 5.69 Å². The van der Waals surface area contributed by atoms with Crippen molar-refractivity contribution >= 4 is 5.97 Å². The first kappa shape index (κ1) is 15.1. The van der Waals surface area contributed by atoms with Gasteiger partial charge in [-0.3, -0.25) is 0 Å². The molecule has 1 aromatic heterocycles. The summed E-state index contributed by atoms with van der Waals surface area (Å²) in [6.45, 7) is 0.919. The molecule has 112 valence electrons. The molecule has 0 aliphatic heterocycles. The highest BCUT2D eigenvalue weighted by atomic mass is 16.5. The Bertz CT molecular complexity index is 634. The summed E-state index contributed by atoms with van der Waals surface area (Å²) in [7, 11) is 5.59. The zero-order chi connectivity index (χ0) is 15.4. The Morgan fingerprint density at radius 2 is 2.14 bits per heavy atom. The molecule has 0 saturated heterocycles. The molecule has 1 N–H and O–H groups in total. The van der Waals surface area contributed by atoms with Crippen LogP contribution in [0.5, 0.6) is 5.75 Å². The molecular weight excluding hydrogens is 272 g/mol. The van der Waals surface area contributed by atoms with Gasteiger partial charge in [-0.1, -0.05) is 11.2 Å². The minimum Gasteiger partial charge on any atom is -0.496 e. The average Bonchev–Trinajstić information content (AvgIpc) is 2.94. The first-order valence-electron chi connectivity index (χ1n) is 6.53. The molecular formula is C15H18N2O4. The number of likely N-dealkylation sites (N-methyl/N-ethyl adjacent to an activating group) is 1. The van der Waals surface area contributed by atoms with Crippen molar-refractivity contribution in [3.63, 3.8) is 0 Å². The van der Waals surface area contributed by atoms with Gasteiger partial charge in [0.15, 0.2) is 11.5 Å². The van der Waals surface area contributed by atoms with Crippen molar-refractivity contribution in [2.75, 3.05) is 27.7 Å². The third-order valence-electron chi connectivity index (χ3n) is 3.11. The first-order valence-corrected chi connectivity index (χ1v) is 6.53. The van der Waals surface area contributed by atoms with E-state index in [1.807, 2.05) is 32.3 Å². The zero-order valence-corrected chi connectivity index (χ0v) is 12.3. The van der Waals surface area contributed by atoms with Crippen molar-refractivity contribution in [3.8, 4) is 17.1 Å². The number of ether oxygens (including phenoxy) is 1. The van der Waals surface area contributed by atoms with E-state index in [2.05, 4.69) is 10.1 Å². The Kier molecular flexibility index (Phi) is 4.59. The summed E-state index contributed by atoms with van der Waals surface area (Å²) in [4.78, 5) is 13.0. The number of rotatable bonds is 6. The monoisotopic (exact) mass is 290 g/mol. The lowest BCUT2D eigenvalue weighted by molar-refractivity contribution is 0.0686. The summed E-state index contributed by atoms with van der Waals surface area (Å²) in [5.41, 5.74) is 1.70. The molecule has 0 aliphatic carbocycles. The zero-order valence-electron chi connectivity index (χ0n) is 12.3. The van der Waals surface area contributed by atoms with Crippen LogP contribution in [0.2, 0.25) is 0 Å². The van der Waals surface area contributed by atoms with Gasteiger partial charge < -0.3 is 19.3 Å².